The number of hydrogen-bond acceptors (Lipinski definition) is 5. The third-order valence-electron chi connectivity index (χ3n) is 3.43. The van der Waals surface area contributed by atoms with Crippen LogP contribution in [-0.4, -0.2) is 37.0 Å². The van der Waals surface area contributed by atoms with Gasteiger partial charge in [0.1, 0.15) is 0 Å². The van der Waals surface area contributed by atoms with Crippen molar-refractivity contribution >= 4 is 34.5 Å². The molecule has 2 heterocycles. The Morgan fingerprint density at radius 1 is 1.43 bits per heavy atom. The minimum atomic E-state index is -0.376. The fourth-order valence-electron chi connectivity index (χ4n) is 2.26. The van der Waals surface area contributed by atoms with Crippen LogP contribution in [0.5, 0.6) is 0 Å². The Kier molecular flexibility index (Phi) is 4.26. The topological polar surface area (TPSA) is 104 Å². The molecule has 3 N–H and O–H groups in total. The highest BCUT2D eigenvalue weighted by Crippen LogP contribution is 2.25. The number of hydrogen-bond donors (Lipinski definition) is 2. The maximum absolute atomic E-state index is 12.3. The molecule has 0 spiro atoms. The molecule has 0 aliphatic heterocycles. The predicted octanol–water partition coefficient (Wildman–Crippen LogP) is 1.42. The van der Waals surface area contributed by atoms with Gasteiger partial charge in [-0.3, -0.25) is 14.8 Å². The maximum Gasteiger partial charge on any atom is 0.280 e. The van der Waals surface area contributed by atoms with Crippen LogP contribution in [0, 0.1) is 0 Å². The van der Waals surface area contributed by atoms with Gasteiger partial charge < -0.3 is 10.3 Å². The lowest BCUT2D eigenvalue weighted by Crippen LogP contribution is -2.15. The van der Waals surface area contributed by atoms with Crippen molar-refractivity contribution in [1.29, 1.82) is 0 Å². The minimum Gasteiger partial charge on any atom is -0.330 e. The molecule has 120 valence electrons. The summed E-state index contributed by atoms with van der Waals surface area (Å²) in [5, 5.41) is 11.1. The van der Waals surface area contributed by atoms with Gasteiger partial charge in [0.25, 0.3) is 5.91 Å². The fourth-order valence-corrected chi connectivity index (χ4v) is 2.56. The summed E-state index contributed by atoms with van der Waals surface area (Å²) in [5.41, 5.74) is 7.14. The van der Waals surface area contributed by atoms with Gasteiger partial charge in [0.05, 0.1) is 22.3 Å². The van der Waals surface area contributed by atoms with Crippen LogP contribution in [0.1, 0.15) is 16.9 Å². The zero-order valence-electron chi connectivity index (χ0n) is 12.5. The molecule has 0 unspecified atom stereocenters. The van der Waals surface area contributed by atoms with Gasteiger partial charge in [-0.15, -0.1) is 5.10 Å². The van der Waals surface area contributed by atoms with Crippen molar-refractivity contribution in [2.24, 2.45) is 12.8 Å². The number of carbonyl (C=O) groups excluding carboxylic acids is 1. The molecule has 0 bridgehead atoms. The molecule has 0 aliphatic carbocycles. The number of amides is 1. The number of aromatic nitrogens is 5. The van der Waals surface area contributed by atoms with E-state index >= 15 is 0 Å². The van der Waals surface area contributed by atoms with E-state index in [1.54, 1.807) is 28.6 Å². The molecule has 0 aliphatic rings. The fraction of sp³-hybridized carbons (Fsp3) is 0.286. The molecule has 0 atom stereocenters. The third kappa shape index (κ3) is 3.03. The van der Waals surface area contributed by atoms with Gasteiger partial charge in [-0.1, -0.05) is 22.9 Å². The van der Waals surface area contributed by atoms with Gasteiger partial charge in [0, 0.05) is 13.6 Å². The Labute approximate surface area is 137 Å². The van der Waals surface area contributed by atoms with Crippen LogP contribution in [0.15, 0.2) is 24.4 Å². The lowest BCUT2D eigenvalue weighted by atomic mass is 10.3. The summed E-state index contributed by atoms with van der Waals surface area (Å²) < 4.78 is 3.32. The van der Waals surface area contributed by atoms with Crippen LogP contribution in [0.2, 0.25) is 5.02 Å². The first-order valence-electron chi connectivity index (χ1n) is 7.12. The molecule has 3 aromatic rings. The number of nitrogens with zero attached hydrogens (tertiary/aromatic N) is 5. The third-order valence-corrected chi connectivity index (χ3v) is 3.74. The standard InChI is InChI=1S/C14H16ClN7O/c1-21-12-9(15)4-2-5-10(12)17-14(21)18-13(23)11-8-22(20-19-11)7-3-6-16/h2,4-5,8H,3,6-7,16H2,1H3,(H,17,18,23). The Morgan fingerprint density at radius 2 is 2.26 bits per heavy atom. The quantitative estimate of drug-likeness (QED) is 0.735. The molecule has 23 heavy (non-hydrogen) atoms. The number of halogens is 1. The molecule has 2 aromatic heterocycles. The first kappa shape index (κ1) is 15.4. The summed E-state index contributed by atoms with van der Waals surface area (Å²) in [7, 11) is 1.79. The number of benzene rings is 1. The molecule has 3 rings (SSSR count). The van der Waals surface area contributed by atoms with Gasteiger partial charge in [0.2, 0.25) is 5.95 Å². The van der Waals surface area contributed by atoms with Gasteiger partial charge in [-0.05, 0) is 25.1 Å². The number of imidazole rings is 1. The van der Waals surface area contributed by atoms with E-state index in [0.29, 0.717) is 29.6 Å². The van der Waals surface area contributed by atoms with E-state index in [0.717, 1.165) is 11.9 Å². The largest absolute Gasteiger partial charge is 0.330 e. The van der Waals surface area contributed by atoms with E-state index in [9.17, 15) is 4.79 Å². The second-order valence-electron chi connectivity index (χ2n) is 5.07. The van der Waals surface area contributed by atoms with Crippen molar-refractivity contribution in [3.05, 3.63) is 35.1 Å². The summed E-state index contributed by atoms with van der Waals surface area (Å²) in [6, 6.07) is 5.42. The number of nitrogens with two attached hydrogens (primary N) is 1. The summed E-state index contributed by atoms with van der Waals surface area (Å²) in [4.78, 5) is 16.6. The van der Waals surface area contributed by atoms with Crippen LogP contribution in [-0.2, 0) is 13.6 Å². The van der Waals surface area contributed by atoms with Crippen molar-refractivity contribution in [3.8, 4) is 0 Å². The molecule has 0 radical (unpaired) electrons. The number of nitrogens with one attached hydrogen (secondary N) is 1. The smallest absolute Gasteiger partial charge is 0.280 e. The van der Waals surface area contributed by atoms with Gasteiger partial charge >= 0.3 is 0 Å². The van der Waals surface area contributed by atoms with E-state index < -0.39 is 0 Å². The first-order chi connectivity index (χ1) is 11.1. The Hall–Kier alpha value is -2.45. The van der Waals surface area contributed by atoms with Crippen LogP contribution in [0.25, 0.3) is 11.0 Å². The second-order valence-corrected chi connectivity index (χ2v) is 5.47. The number of anilines is 1. The molecule has 0 fully saturated rings. The zero-order valence-corrected chi connectivity index (χ0v) is 13.3. The summed E-state index contributed by atoms with van der Waals surface area (Å²) in [5.74, 6) is 0.0214. The van der Waals surface area contributed by atoms with Crippen molar-refractivity contribution < 1.29 is 4.79 Å². The normalized spacial score (nSPS) is 11.1. The molecular formula is C14H16ClN7O. The maximum atomic E-state index is 12.3. The number of aryl methyl sites for hydroxylation is 2. The monoisotopic (exact) mass is 333 g/mol. The highest BCUT2D eigenvalue weighted by atomic mass is 35.5. The second kappa shape index (κ2) is 6.35. The van der Waals surface area contributed by atoms with E-state index in [2.05, 4.69) is 20.6 Å². The van der Waals surface area contributed by atoms with Crippen LogP contribution in [0.3, 0.4) is 0 Å². The lowest BCUT2D eigenvalue weighted by Gasteiger charge is -2.03. The average Bonchev–Trinajstić information content (AvgIpc) is 3.12. The van der Waals surface area contributed by atoms with Crippen LogP contribution < -0.4 is 11.1 Å². The number of rotatable bonds is 5. The molecule has 0 saturated carbocycles. The molecule has 9 heteroatoms. The summed E-state index contributed by atoms with van der Waals surface area (Å²) in [6.07, 6.45) is 2.36. The summed E-state index contributed by atoms with van der Waals surface area (Å²) >= 11 is 6.17. The highest BCUT2D eigenvalue weighted by molar-refractivity contribution is 6.35. The van der Waals surface area contributed by atoms with E-state index in [1.807, 2.05) is 12.1 Å². The molecule has 8 nitrogen and oxygen atoms in total. The molecule has 0 saturated heterocycles. The zero-order chi connectivity index (χ0) is 16.4. The van der Waals surface area contributed by atoms with Crippen molar-refractivity contribution in [1.82, 2.24) is 24.5 Å². The van der Waals surface area contributed by atoms with E-state index in [-0.39, 0.29) is 11.6 Å². The highest BCUT2D eigenvalue weighted by Gasteiger charge is 2.16. The SMILES string of the molecule is Cn1c(NC(=O)c2cn(CCCN)nn2)nc2cccc(Cl)c21. The molecule has 1 amide bonds. The lowest BCUT2D eigenvalue weighted by molar-refractivity contribution is 0.102. The van der Waals surface area contributed by atoms with Gasteiger partial charge in [-0.2, -0.15) is 0 Å². The Morgan fingerprint density at radius 3 is 3.00 bits per heavy atom. The minimum absolute atomic E-state index is 0.222. The Balaban J connectivity index is 1.81. The van der Waals surface area contributed by atoms with Crippen molar-refractivity contribution in [2.75, 3.05) is 11.9 Å². The predicted molar refractivity (Wildman–Crippen MR) is 87.4 cm³/mol. The van der Waals surface area contributed by atoms with Gasteiger partial charge in [0.15, 0.2) is 5.69 Å². The van der Waals surface area contributed by atoms with Crippen LogP contribution >= 0.6 is 11.6 Å². The average molecular weight is 334 g/mol. The molecular weight excluding hydrogens is 318 g/mol. The van der Waals surface area contributed by atoms with Crippen molar-refractivity contribution in [2.45, 2.75) is 13.0 Å². The number of para-hydroxylation sites is 1. The Bertz CT molecular complexity index is 854. The van der Waals surface area contributed by atoms with E-state index in [1.165, 1.54) is 0 Å². The molecule has 1 aromatic carbocycles. The van der Waals surface area contributed by atoms with Crippen molar-refractivity contribution in [3.63, 3.8) is 0 Å². The first-order valence-corrected chi connectivity index (χ1v) is 7.50. The summed E-state index contributed by atoms with van der Waals surface area (Å²) in [6.45, 7) is 1.18. The number of fused-ring (bicyclic) bond motifs is 1. The van der Waals surface area contributed by atoms with E-state index in [4.69, 9.17) is 17.3 Å². The van der Waals surface area contributed by atoms with Gasteiger partial charge in [-0.25, -0.2) is 4.98 Å². The van der Waals surface area contributed by atoms with Crippen LogP contribution in [0.4, 0.5) is 5.95 Å². The number of carbonyl (C=O) groups is 1.